The van der Waals surface area contributed by atoms with E-state index >= 15 is 0 Å². The van der Waals surface area contributed by atoms with Gasteiger partial charge in [0.15, 0.2) is 17.5 Å². The lowest BCUT2D eigenvalue weighted by molar-refractivity contribution is 0.669. The Balaban J connectivity index is 1.08. The molecule has 0 spiro atoms. The van der Waals surface area contributed by atoms with E-state index < -0.39 is 0 Å². The molecule has 0 aliphatic rings. The van der Waals surface area contributed by atoms with Gasteiger partial charge in [0.1, 0.15) is 11.2 Å². The summed E-state index contributed by atoms with van der Waals surface area (Å²) in [5, 5.41) is 4.53. The molecule has 0 atom stereocenters. The average molecular weight is 717 g/mol. The normalized spacial score (nSPS) is 11.6. The van der Waals surface area contributed by atoms with Crippen molar-refractivity contribution >= 4 is 43.7 Å². The zero-order chi connectivity index (χ0) is 37.0. The van der Waals surface area contributed by atoms with Crippen molar-refractivity contribution in [2.75, 3.05) is 0 Å². The monoisotopic (exact) mass is 716 g/mol. The highest BCUT2D eigenvalue weighted by Gasteiger charge is 2.18. The minimum Gasteiger partial charge on any atom is -0.456 e. The van der Waals surface area contributed by atoms with E-state index in [1.807, 2.05) is 24.3 Å². The summed E-state index contributed by atoms with van der Waals surface area (Å²) in [5.74, 6) is 1.85. The quantitative estimate of drug-likeness (QED) is 0.172. The minimum absolute atomic E-state index is 0.610. The van der Waals surface area contributed by atoms with Gasteiger partial charge in [-0.3, -0.25) is 0 Å². The zero-order valence-electron chi connectivity index (χ0n) is 30.2. The van der Waals surface area contributed by atoms with Gasteiger partial charge in [0.2, 0.25) is 0 Å². The maximum Gasteiger partial charge on any atom is 0.164 e. The number of aromatic nitrogens is 4. The Morgan fingerprint density at radius 1 is 0.304 bits per heavy atom. The first-order valence-corrected chi connectivity index (χ1v) is 18.8. The van der Waals surface area contributed by atoms with Gasteiger partial charge in [0.25, 0.3) is 0 Å². The van der Waals surface area contributed by atoms with Gasteiger partial charge in [-0.25, -0.2) is 15.0 Å². The van der Waals surface area contributed by atoms with Crippen LogP contribution in [0.1, 0.15) is 0 Å². The number of rotatable bonds is 6. The smallest absolute Gasteiger partial charge is 0.164 e. The highest BCUT2D eigenvalue weighted by Crippen LogP contribution is 2.37. The Morgan fingerprint density at radius 3 is 1.41 bits per heavy atom. The molecular weight excluding hydrogens is 685 g/mol. The molecule has 0 fully saturated rings. The fourth-order valence-corrected chi connectivity index (χ4v) is 7.89. The van der Waals surface area contributed by atoms with Crippen LogP contribution in [0.15, 0.2) is 199 Å². The molecule has 0 saturated carbocycles. The van der Waals surface area contributed by atoms with Gasteiger partial charge in [0, 0.05) is 43.9 Å². The van der Waals surface area contributed by atoms with Crippen molar-refractivity contribution in [2.24, 2.45) is 0 Å². The summed E-state index contributed by atoms with van der Waals surface area (Å²) in [7, 11) is 0. The van der Waals surface area contributed by atoms with Crippen LogP contribution in [0.5, 0.6) is 0 Å². The number of furan rings is 1. The SMILES string of the molecule is c1ccc(-c2ccc(-c3nc(-c4ccc(-c5ccccc5)cc4)nc(-c4ccc5c6ccccc6n(-c6ccc7oc8ccccc8c7c6)c5c4)n3)cc2)cc1. The Kier molecular flexibility index (Phi) is 7.42. The lowest BCUT2D eigenvalue weighted by Crippen LogP contribution is -2.00. The molecule has 3 heterocycles. The van der Waals surface area contributed by atoms with Gasteiger partial charge in [-0.2, -0.15) is 0 Å². The molecule has 0 aliphatic carbocycles. The number of nitrogens with zero attached hydrogens (tertiary/aromatic N) is 4. The lowest BCUT2D eigenvalue weighted by Gasteiger charge is -2.11. The van der Waals surface area contributed by atoms with Crippen molar-refractivity contribution in [3.05, 3.63) is 194 Å². The van der Waals surface area contributed by atoms with Crippen LogP contribution in [0, 0.1) is 0 Å². The Labute approximate surface area is 322 Å². The second-order valence-corrected chi connectivity index (χ2v) is 14.1. The topological polar surface area (TPSA) is 56.7 Å². The average Bonchev–Trinajstić information content (AvgIpc) is 3.82. The maximum atomic E-state index is 6.20. The first kappa shape index (κ1) is 31.9. The van der Waals surface area contributed by atoms with E-state index in [2.05, 4.69) is 174 Å². The molecule has 0 saturated heterocycles. The van der Waals surface area contributed by atoms with Crippen molar-refractivity contribution in [3.63, 3.8) is 0 Å². The molecule has 0 N–H and O–H groups in total. The highest BCUT2D eigenvalue weighted by atomic mass is 16.3. The molecule has 0 bridgehead atoms. The summed E-state index contributed by atoms with van der Waals surface area (Å²) in [6, 6.07) is 67.5. The van der Waals surface area contributed by atoms with E-state index in [1.165, 1.54) is 16.5 Å². The Bertz CT molecular complexity index is 3120. The third-order valence-electron chi connectivity index (χ3n) is 10.7. The first-order chi connectivity index (χ1) is 27.7. The number of hydrogen-bond donors (Lipinski definition) is 0. The molecule has 56 heavy (non-hydrogen) atoms. The van der Waals surface area contributed by atoms with Crippen molar-refractivity contribution in [1.29, 1.82) is 0 Å². The van der Waals surface area contributed by atoms with Gasteiger partial charge in [-0.1, -0.05) is 158 Å². The van der Waals surface area contributed by atoms with E-state index in [1.54, 1.807) is 0 Å². The standard InChI is InChI=1S/C51H32N4O/c1-3-11-33(12-4-1)35-19-23-37(24-20-35)49-52-50(38-25-21-36(22-26-38)34-13-5-2-6-14-34)54-51(53-49)39-27-29-42-41-15-7-9-17-45(41)55(46(42)31-39)40-28-30-48-44(32-40)43-16-8-10-18-47(43)56-48/h1-32H. The third kappa shape index (κ3) is 5.45. The maximum absolute atomic E-state index is 6.20. The molecule has 11 aromatic rings. The number of fused-ring (bicyclic) bond motifs is 6. The van der Waals surface area contributed by atoms with Gasteiger partial charge < -0.3 is 8.98 Å². The largest absolute Gasteiger partial charge is 0.456 e. The van der Waals surface area contributed by atoms with E-state index in [0.717, 1.165) is 71.9 Å². The van der Waals surface area contributed by atoms with Crippen molar-refractivity contribution in [2.45, 2.75) is 0 Å². The van der Waals surface area contributed by atoms with Crippen molar-refractivity contribution in [1.82, 2.24) is 19.5 Å². The van der Waals surface area contributed by atoms with Crippen molar-refractivity contribution < 1.29 is 4.42 Å². The van der Waals surface area contributed by atoms with Crippen LogP contribution >= 0.6 is 0 Å². The molecular formula is C51H32N4O. The Morgan fingerprint density at radius 2 is 0.768 bits per heavy atom. The molecule has 0 amide bonds. The van der Waals surface area contributed by atoms with E-state index in [4.69, 9.17) is 19.4 Å². The molecule has 8 aromatic carbocycles. The number of para-hydroxylation sites is 2. The summed E-state index contributed by atoms with van der Waals surface area (Å²) < 4.78 is 8.53. The molecule has 0 unspecified atom stereocenters. The molecule has 262 valence electrons. The van der Waals surface area contributed by atoms with Crippen LogP contribution in [0.4, 0.5) is 0 Å². The van der Waals surface area contributed by atoms with Crippen LogP contribution in [-0.4, -0.2) is 19.5 Å². The fraction of sp³-hybridized carbons (Fsp3) is 0. The summed E-state index contributed by atoms with van der Waals surface area (Å²) in [6.07, 6.45) is 0. The molecule has 0 aliphatic heterocycles. The van der Waals surface area contributed by atoms with Gasteiger partial charge >= 0.3 is 0 Å². The molecule has 5 heteroatoms. The van der Waals surface area contributed by atoms with Gasteiger partial charge in [-0.05, 0) is 58.7 Å². The van der Waals surface area contributed by atoms with Crippen LogP contribution in [-0.2, 0) is 0 Å². The predicted molar refractivity (Wildman–Crippen MR) is 229 cm³/mol. The molecule has 3 aromatic heterocycles. The van der Waals surface area contributed by atoms with E-state index in [9.17, 15) is 0 Å². The van der Waals surface area contributed by atoms with Crippen molar-refractivity contribution in [3.8, 4) is 62.1 Å². The fourth-order valence-electron chi connectivity index (χ4n) is 7.89. The van der Waals surface area contributed by atoms with Crippen LogP contribution in [0.25, 0.3) is 106 Å². The second-order valence-electron chi connectivity index (χ2n) is 14.1. The predicted octanol–water partition coefficient (Wildman–Crippen LogP) is 13.2. The molecule has 0 radical (unpaired) electrons. The summed E-state index contributed by atoms with van der Waals surface area (Å²) >= 11 is 0. The summed E-state index contributed by atoms with van der Waals surface area (Å²) in [6.45, 7) is 0. The lowest BCUT2D eigenvalue weighted by atomic mass is 10.0. The van der Waals surface area contributed by atoms with Crippen LogP contribution in [0.2, 0.25) is 0 Å². The summed E-state index contributed by atoms with van der Waals surface area (Å²) in [5.41, 5.74) is 12.4. The molecule has 11 rings (SSSR count). The van der Waals surface area contributed by atoms with Gasteiger partial charge in [-0.15, -0.1) is 0 Å². The Hall–Kier alpha value is -7.63. The number of benzene rings is 8. The zero-order valence-corrected chi connectivity index (χ0v) is 30.2. The van der Waals surface area contributed by atoms with E-state index in [-0.39, 0.29) is 0 Å². The summed E-state index contributed by atoms with van der Waals surface area (Å²) in [4.78, 5) is 15.4. The molecule has 5 nitrogen and oxygen atoms in total. The van der Waals surface area contributed by atoms with E-state index in [0.29, 0.717) is 17.5 Å². The van der Waals surface area contributed by atoms with Gasteiger partial charge in [0.05, 0.1) is 11.0 Å². The highest BCUT2D eigenvalue weighted by molar-refractivity contribution is 6.11. The number of hydrogen-bond acceptors (Lipinski definition) is 4. The second kappa shape index (κ2) is 13.0. The van der Waals surface area contributed by atoms with Crippen LogP contribution in [0.3, 0.4) is 0 Å². The van der Waals surface area contributed by atoms with Crippen LogP contribution < -0.4 is 0 Å². The third-order valence-corrected chi connectivity index (χ3v) is 10.7. The first-order valence-electron chi connectivity index (χ1n) is 18.8. The minimum atomic E-state index is 0.610.